The topological polar surface area (TPSA) is 232 Å². The smallest absolute Gasteiger partial charge is 0.353 e. The van der Waals surface area contributed by atoms with Gasteiger partial charge in [-0.3, -0.25) is 29.3 Å². The van der Waals surface area contributed by atoms with Crippen LogP contribution in [0, 0.1) is 11.8 Å². The lowest BCUT2D eigenvalue weighted by molar-refractivity contribution is -0.161. The van der Waals surface area contributed by atoms with Crippen LogP contribution in [0.25, 0.3) is 0 Å². The van der Waals surface area contributed by atoms with Crippen molar-refractivity contribution in [1.29, 1.82) is 0 Å². The summed E-state index contributed by atoms with van der Waals surface area (Å²) in [5, 5.41) is 40.7. The van der Waals surface area contributed by atoms with Crippen LogP contribution < -0.4 is 11.5 Å². The molecule has 1 fully saturated rings. The number of fused-ring (bicyclic) bond motifs is 1. The van der Waals surface area contributed by atoms with Crippen molar-refractivity contribution in [3.63, 3.8) is 0 Å². The molecule has 14 nitrogen and oxygen atoms in total. The Hall–Kier alpha value is -3.08. The van der Waals surface area contributed by atoms with Crippen LogP contribution in [-0.4, -0.2) is 116 Å². The van der Waals surface area contributed by atoms with Gasteiger partial charge in [-0.25, -0.2) is 4.79 Å². The highest BCUT2D eigenvalue weighted by atomic mass is 32.2. The van der Waals surface area contributed by atoms with E-state index in [1.54, 1.807) is 0 Å². The molecule has 3 heterocycles. The largest absolute Gasteiger partial charge is 0.481 e. The van der Waals surface area contributed by atoms with Crippen molar-refractivity contribution in [2.24, 2.45) is 33.3 Å². The molecule has 0 spiro atoms. The number of aliphatic imine (C=N–C) groups is 2. The number of thioether (sulfide) groups is 2. The fourth-order valence-corrected chi connectivity index (χ4v) is 7.43. The summed E-state index contributed by atoms with van der Waals surface area (Å²) in [6, 6.07) is -1.74. The van der Waals surface area contributed by atoms with Gasteiger partial charge in [0.1, 0.15) is 17.3 Å². The number of hydrogen-bond donors (Lipinski definition) is 6. The van der Waals surface area contributed by atoms with Crippen LogP contribution in [0.1, 0.15) is 26.7 Å². The van der Waals surface area contributed by atoms with Crippen LogP contribution in [0.2, 0.25) is 0 Å². The summed E-state index contributed by atoms with van der Waals surface area (Å²) in [6.45, 7) is 3.34. The van der Waals surface area contributed by atoms with Crippen LogP contribution in [0.5, 0.6) is 0 Å². The van der Waals surface area contributed by atoms with Crippen LogP contribution in [0.3, 0.4) is 0 Å². The molecular weight excluding hydrogens is 564 g/mol. The van der Waals surface area contributed by atoms with Crippen molar-refractivity contribution >= 4 is 60.0 Å². The lowest BCUT2D eigenvalue weighted by Crippen LogP contribution is -2.62. The average Bonchev–Trinajstić information content (AvgIpc) is 3.39. The molecule has 3 aliphatic heterocycles. The second kappa shape index (κ2) is 13.5. The number of nitrogens with zero attached hydrogens (tertiary/aromatic N) is 4. The Bertz CT molecular complexity index is 1150. The third-order valence-corrected chi connectivity index (χ3v) is 9.16. The van der Waals surface area contributed by atoms with Crippen molar-refractivity contribution in [2.45, 2.75) is 51.0 Å². The molecule has 40 heavy (non-hydrogen) atoms. The van der Waals surface area contributed by atoms with Gasteiger partial charge in [-0.2, -0.15) is 0 Å². The van der Waals surface area contributed by atoms with Gasteiger partial charge in [-0.05, 0) is 13.8 Å². The molecule has 6 atom stereocenters. The minimum Gasteiger partial charge on any atom is -0.481 e. The van der Waals surface area contributed by atoms with Crippen molar-refractivity contribution in [3.05, 3.63) is 21.2 Å². The number of carboxylic acid groups (broad SMARTS) is 2. The monoisotopic (exact) mass is 598 g/mol. The standard InChI is InChI=1S/C24H34N6O8S2/c1-11(31)17-13-7-15(39-5-3-27-9-25)19(29(13)21(17)33)22(34)30-14(18(12(2)32)23(35)36)8-16(20(30)24(37)38)40-6-4-28-10-26/h9-14,17-18,31-32H,3-8H2,1-2H3,(H2,25,27)(H2,26,28)(H,35,36)(H,37,38). The Balaban J connectivity index is 2.09. The first-order chi connectivity index (χ1) is 19.0. The average molecular weight is 599 g/mol. The summed E-state index contributed by atoms with van der Waals surface area (Å²) >= 11 is 2.37. The molecule has 2 amide bonds. The minimum absolute atomic E-state index is 0.0499. The Morgan fingerprint density at radius 2 is 1.55 bits per heavy atom. The maximum Gasteiger partial charge on any atom is 0.353 e. The van der Waals surface area contributed by atoms with Gasteiger partial charge in [0.25, 0.3) is 5.91 Å². The highest BCUT2D eigenvalue weighted by Gasteiger charge is 2.58. The lowest BCUT2D eigenvalue weighted by atomic mass is 9.83. The highest BCUT2D eigenvalue weighted by Crippen LogP contribution is 2.49. The lowest BCUT2D eigenvalue weighted by Gasteiger charge is -2.45. The van der Waals surface area contributed by atoms with E-state index >= 15 is 0 Å². The summed E-state index contributed by atoms with van der Waals surface area (Å²) in [6.07, 6.45) is 0.0189. The number of rotatable bonds is 14. The number of carboxylic acids is 2. The molecule has 0 radical (unpaired) electrons. The summed E-state index contributed by atoms with van der Waals surface area (Å²) in [5.41, 5.74) is 10.1. The molecule has 3 aliphatic rings. The van der Waals surface area contributed by atoms with Gasteiger partial charge in [0.2, 0.25) is 5.91 Å². The molecule has 0 aliphatic carbocycles. The molecule has 220 valence electrons. The molecule has 0 aromatic heterocycles. The van der Waals surface area contributed by atoms with Gasteiger partial charge in [-0.1, -0.05) is 0 Å². The van der Waals surface area contributed by atoms with E-state index in [0.29, 0.717) is 23.0 Å². The Morgan fingerprint density at radius 3 is 2.00 bits per heavy atom. The first-order valence-corrected chi connectivity index (χ1v) is 14.6. The maximum absolute atomic E-state index is 14.3. The zero-order valence-corrected chi connectivity index (χ0v) is 23.7. The third-order valence-electron chi connectivity index (χ3n) is 6.97. The number of β-lactam (4-membered cyclic amide) rings is 1. The fraction of sp³-hybridized carbons (Fsp3) is 0.583. The summed E-state index contributed by atoms with van der Waals surface area (Å²) < 4.78 is 0. The quantitative estimate of drug-likeness (QED) is 0.0626. The van der Waals surface area contributed by atoms with Gasteiger partial charge in [0, 0.05) is 34.2 Å². The number of aliphatic hydroxyl groups is 2. The highest BCUT2D eigenvalue weighted by molar-refractivity contribution is 8.03. The first-order valence-electron chi connectivity index (χ1n) is 12.6. The fourth-order valence-electron chi connectivity index (χ4n) is 5.33. The number of aliphatic hydroxyl groups excluding tert-OH is 2. The number of hydrogen-bond acceptors (Lipinski definition) is 10. The van der Waals surface area contributed by atoms with E-state index < -0.39 is 65.6 Å². The number of aliphatic carboxylic acids is 2. The van der Waals surface area contributed by atoms with E-state index in [1.807, 2.05) is 0 Å². The SMILES string of the molecule is CC(O)C(C(=O)O)C1CC(SCCN=CN)=C(C(=O)O)N1C(=O)C1=C(SCCN=CN)CC2C(C(C)O)C(=O)N12. The van der Waals surface area contributed by atoms with Crippen molar-refractivity contribution in [2.75, 3.05) is 24.6 Å². The molecule has 0 aromatic carbocycles. The molecule has 8 N–H and O–H groups in total. The van der Waals surface area contributed by atoms with Gasteiger partial charge in [-0.15, -0.1) is 23.5 Å². The Labute approximate surface area is 239 Å². The van der Waals surface area contributed by atoms with Crippen LogP contribution in [0.4, 0.5) is 0 Å². The molecular formula is C24H34N6O8S2. The van der Waals surface area contributed by atoms with Gasteiger partial charge >= 0.3 is 11.9 Å². The molecule has 1 saturated heterocycles. The van der Waals surface area contributed by atoms with E-state index in [9.17, 15) is 39.6 Å². The molecule has 3 rings (SSSR count). The summed E-state index contributed by atoms with van der Waals surface area (Å²) in [5.74, 6) is -5.70. The second-order valence-electron chi connectivity index (χ2n) is 9.45. The number of nitrogens with two attached hydrogens (primary N) is 2. The normalized spacial score (nSPS) is 25.1. The van der Waals surface area contributed by atoms with Crippen molar-refractivity contribution < 1.29 is 39.6 Å². The van der Waals surface area contributed by atoms with E-state index in [4.69, 9.17) is 11.5 Å². The molecule has 0 bridgehead atoms. The third kappa shape index (κ3) is 6.14. The summed E-state index contributed by atoms with van der Waals surface area (Å²) in [7, 11) is 0. The maximum atomic E-state index is 14.3. The molecule has 16 heteroatoms. The van der Waals surface area contributed by atoms with Crippen LogP contribution in [-0.2, 0) is 19.2 Å². The van der Waals surface area contributed by atoms with Crippen LogP contribution in [0.15, 0.2) is 31.2 Å². The Kier molecular flexibility index (Phi) is 10.6. The first kappa shape index (κ1) is 31.4. The molecule has 0 aromatic rings. The zero-order chi connectivity index (χ0) is 29.7. The predicted molar refractivity (Wildman–Crippen MR) is 150 cm³/mol. The Morgan fingerprint density at radius 1 is 1.00 bits per heavy atom. The van der Waals surface area contributed by atoms with Crippen molar-refractivity contribution in [1.82, 2.24) is 9.80 Å². The zero-order valence-electron chi connectivity index (χ0n) is 22.0. The number of amides is 2. The summed E-state index contributed by atoms with van der Waals surface area (Å²) in [4.78, 5) is 62.9. The molecule has 0 saturated carbocycles. The van der Waals surface area contributed by atoms with Gasteiger partial charge < -0.3 is 36.8 Å². The molecule has 6 unspecified atom stereocenters. The van der Waals surface area contributed by atoms with Crippen LogP contribution >= 0.6 is 23.5 Å². The number of carbonyl (C=O) groups is 4. The van der Waals surface area contributed by atoms with E-state index in [1.165, 1.54) is 30.5 Å². The number of carbonyl (C=O) groups excluding carboxylic acids is 2. The van der Waals surface area contributed by atoms with E-state index in [0.717, 1.165) is 29.3 Å². The predicted octanol–water partition coefficient (Wildman–Crippen LogP) is -0.771. The minimum atomic E-state index is -1.51. The van der Waals surface area contributed by atoms with Crippen molar-refractivity contribution in [3.8, 4) is 0 Å². The van der Waals surface area contributed by atoms with Gasteiger partial charge in [0.15, 0.2) is 0 Å². The van der Waals surface area contributed by atoms with E-state index in [2.05, 4.69) is 9.98 Å². The second-order valence-corrected chi connectivity index (χ2v) is 11.8. The van der Waals surface area contributed by atoms with E-state index in [-0.39, 0.29) is 30.0 Å². The van der Waals surface area contributed by atoms with Gasteiger partial charge in [0.05, 0.1) is 56.0 Å².